The van der Waals surface area contributed by atoms with Gasteiger partial charge in [-0.15, -0.1) is 0 Å². The molecule has 5 rings (SSSR count). The number of fused-ring (bicyclic) bond motifs is 2. The van der Waals surface area contributed by atoms with Crippen LogP contribution in [0.4, 0.5) is 11.5 Å². The number of aromatic nitrogens is 2. The maximum Gasteiger partial charge on any atom is 0.183 e. The molecule has 194 valence electrons. The maximum absolute atomic E-state index is 6.39. The zero-order chi connectivity index (χ0) is 25.9. The number of aryl methyl sites for hydroxylation is 1. The third kappa shape index (κ3) is 5.49. The molecule has 1 fully saturated rings. The normalized spacial score (nSPS) is 18.8. The molecular weight excluding hydrogens is 462 g/mol. The van der Waals surface area contributed by atoms with Gasteiger partial charge in [-0.2, -0.15) is 0 Å². The Morgan fingerprint density at radius 3 is 2.78 bits per heavy atom. The van der Waals surface area contributed by atoms with E-state index in [1.165, 1.54) is 43.4 Å². The van der Waals surface area contributed by atoms with Gasteiger partial charge >= 0.3 is 0 Å². The monoisotopic (exact) mass is 499 g/mol. The molecule has 0 amide bonds. The molecule has 8 nitrogen and oxygen atoms in total. The van der Waals surface area contributed by atoms with Gasteiger partial charge in [0.25, 0.3) is 0 Å². The van der Waals surface area contributed by atoms with Crippen LogP contribution in [-0.2, 0) is 17.7 Å². The van der Waals surface area contributed by atoms with E-state index in [1.54, 1.807) is 18.5 Å². The Morgan fingerprint density at radius 1 is 1.14 bits per heavy atom. The van der Waals surface area contributed by atoms with Crippen LogP contribution in [0.1, 0.15) is 28.7 Å². The van der Waals surface area contributed by atoms with Crippen LogP contribution in [0.2, 0.25) is 0 Å². The van der Waals surface area contributed by atoms with Crippen molar-refractivity contribution < 1.29 is 4.74 Å². The minimum atomic E-state index is 0.306. The summed E-state index contributed by atoms with van der Waals surface area (Å²) in [4.78, 5) is 14.1. The Hall–Kier alpha value is -3.78. The summed E-state index contributed by atoms with van der Waals surface area (Å²) >= 11 is 0. The number of hydrogen-bond acceptors (Lipinski definition) is 8. The van der Waals surface area contributed by atoms with Crippen molar-refractivity contribution in [2.45, 2.75) is 26.3 Å². The summed E-state index contributed by atoms with van der Waals surface area (Å²) in [6, 6.07) is 10.9. The van der Waals surface area contributed by atoms with Crippen molar-refractivity contribution in [3.63, 3.8) is 0 Å². The van der Waals surface area contributed by atoms with Crippen LogP contribution in [0.15, 0.2) is 54.7 Å². The number of hydrogen-bond donors (Lipinski definition) is 3. The van der Waals surface area contributed by atoms with Gasteiger partial charge in [-0.05, 0) is 97.9 Å². The van der Waals surface area contributed by atoms with Crippen LogP contribution < -0.4 is 21.7 Å². The number of anilines is 2. The van der Waals surface area contributed by atoms with Crippen molar-refractivity contribution in [1.82, 2.24) is 14.9 Å². The molecule has 2 aliphatic heterocycles. The molecule has 2 aliphatic rings. The summed E-state index contributed by atoms with van der Waals surface area (Å²) in [5.74, 6) is 1.96. The molecule has 0 aliphatic carbocycles. The van der Waals surface area contributed by atoms with Gasteiger partial charge in [0.2, 0.25) is 0 Å². The first kappa shape index (κ1) is 24.9. The lowest BCUT2D eigenvalue weighted by molar-refractivity contribution is 0.287. The smallest absolute Gasteiger partial charge is 0.183 e. The summed E-state index contributed by atoms with van der Waals surface area (Å²) in [5.41, 5.74) is 19.6. The van der Waals surface area contributed by atoms with E-state index in [0.717, 1.165) is 53.9 Å². The fraction of sp³-hybridized carbons (Fsp3) is 0.379. The second-order valence-electron chi connectivity index (χ2n) is 10.2. The fourth-order valence-electron chi connectivity index (χ4n) is 5.39. The van der Waals surface area contributed by atoms with Crippen molar-refractivity contribution in [2.75, 3.05) is 50.6 Å². The van der Waals surface area contributed by atoms with E-state index >= 15 is 0 Å². The Morgan fingerprint density at radius 2 is 2.00 bits per heavy atom. The van der Waals surface area contributed by atoms with Crippen molar-refractivity contribution in [2.24, 2.45) is 17.4 Å². The van der Waals surface area contributed by atoms with Crippen LogP contribution in [0.3, 0.4) is 0 Å². The molecule has 1 atom stereocenters. The maximum atomic E-state index is 6.39. The SMILES string of the molecule is CO/C(N)=C/C=C(\N)c1cc(C)c2ncnc(N3CCc4ccc(NCC5CCN(C)C5)cc4C3)c2c1. The largest absolute Gasteiger partial charge is 0.483 e. The minimum Gasteiger partial charge on any atom is -0.483 e. The second kappa shape index (κ2) is 10.7. The van der Waals surface area contributed by atoms with Crippen molar-refractivity contribution in [1.29, 1.82) is 0 Å². The molecule has 0 bridgehead atoms. The molecule has 5 N–H and O–H groups in total. The summed E-state index contributed by atoms with van der Waals surface area (Å²) in [5, 5.41) is 4.68. The van der Waals surface area contributed by atoms with Gasteiger partial charge in [0.1, 0.15) is 12.1 Å². The Kier molecular flexibility index (Phi) is 7.19. The van der Waals surface area contributed by atoms with E-state index < -0.39 is 0 Å². The highest BCUT2D eigenvalue weighted by molar-refractivity contribution is 5.94. The molecule has 8 heteroatoms. The number of ether oxygens (including phenoxy) is 1. The number of methoxy groups -OCH3 is 1. The molecule has 1 unspecified atom stereocenters. The molecule has 1 saturated heterocycles. The van der Waals surface area contributed by atoms with E-state index in [-0.39, 0.29) is 0 Å². The van der Waals surface area contributed by atoms with Crippen LogP contribution in [-0.4, -0.2) is 55.2 Å². The van der Waals surface area contributed by atoms with Gasteiger partial charge < -0.3 is 31.3 Å². The Bertz CT molecular complexity index is 1350. The molecule has 1 aromatic heterocycles. The van der Waals surface area contributed by atoms with Gasteiger partial charge in [-0.3, -0.25) is 0 Å². The van der Waals surface area contributed by atoms with E-state index in [0.29, 0.717) is 17.5 Å². The van der Waals surface area contributed by atoms with Gasteiger partial charge in [-0.25, -0.2) is 9.97 Å². The average Bonchev–Trinajstić information content (AvgIpc) is 3.34. The topological polar surface area (TPSA) is 106 Å². The zero-order valence-electron chi connectivity index (χ0n) is 22.0. The lowest BCUT2D eigenvalue weighted by atomic mass is 9.98. The number of benzene rings is 2. The number of nitrogens with zero attached hydrogens (tertiary/aromatic N) is 4. The van der Waals surface area contributed by atoms with Crippen LogP contribution in [0.5, 0.6) is 0 Å². The number of nitrogens with two attached hydrogens (primary N) is 2. The lowest BCUT2D eigenvalue weighted by Gasteiger charge is -2.31. The van der Waals surface area contributed by atoms with Gasteiger partial charge in [0, 0.05) is 42.9 Å². The number of allylic oxidation sites excluding steroid dienone is 2. The van der Waals surface area contributed by atoms with E-state index in [9.17, 15) is 0 Å². The summed E-state index contributed by atoms with van der Waals surface area (Å²) in [7, 11) is 3.73. The van der Waals surface area contributed by atoms with Crippen molar-refractivity contribution in [3.05, 3.63) is 76.9 Å². The number of rotatable bonds is 7. The van der Waals surface area contributed by atoms with Crippen molar-refractivity contribution in [3.8, 4) is 0 Å². The molecule has 0 saturated carbocycles. The first-order valence-electron chi connectivity index (χ1n) is 12.9. The quantitative estimate of drug-likeness (QED) is 0.334. The first-order chi connectivity index (χ1) is 17.9. The third-order valence-corrected chi connectivity index (χ3v) is 7.51. The van der Waals surface area contributed by atoms with Crippen LogP contribution >= 0.6 is 0 Å². The highest BCUT2D eigenvalue weighted by Crippen LogP contribution is 2.32. The molecule has 0 radical (unpaired) electrons. The van der Waals surface area contributed by atoms with E-state index in [1.807, 2.05) is 6.07 Å². The van der Waals surface area contributed by atoms with E-state index in [4.69, 9.17) is 21.2 Å². The summed E-state index contributed by atoms with van der Waals surface area (Å²) < 4.78 is 5.02. The predicted molar refractivity (Wildman–Crippen MR) is 151 cm³/mol. The van der Waals surface area contributed by atoms with Gasteiger partial charge in [0.05, 0.1) is 12.6 Å². The number of likely N-dealkylation sites (tertiary alicyclic amines) is 1. The standard InChI is InChI=1S/C29H37N7O/c1-19-12-22(26(30)6-7-27(31)37-3)14-25-28(19)33-18-34-29(25)36-11-9-21-4-5-24(13-23(21)17-36)32-15-20-8-10-35(2)16-20/h4-7,12-14,18,20,32H,8-11,15-17,30-31H2,1-3H3/b26-6-,27-7+. The minimum absolute atomic E-state index is 0.306. The third-order valence-electron chi connectivity index (χ3n) is 7.51. The number of nitrogens with one attached hydrogen (secondary N) is 1. The van der Waals surface area contributed by atoms with Gasteiger partial charge in [0.15, 0.2) is 5.88 Å². The zero-order valence-corrected chi connectivity index (χ0v) is 22.0. The van der Waals surface area contributed by atoms with E-state index in [2.05, 4.69) is 58.3 Å². The summed E-state index contributed by atoms with van der Waals surface area (Å²) in [6.07, 6.45) is 7.34. The molecule has 3 heterocycles. The molecule has 3 aromatic rings. The lowest BCUT2D eigenvalue weighted by Crippen LogP contribution is -2.31. The van der Waals surface area contributed by atoms with Crippen LogP contribution in [0, 0.1) is 12.8 Å². The molecule has 37 heavy (non-hydrogen) atoms. The van der Waals surface area contributed by atoms with Gasteiger partial charge in [-0.1, -0.05) is 6.07 Å². The summed E-state index contributed by atoms with van der Waals surface area (Å²) in [6.45, 7) is 7.15. The highest BCUT2D eigenvalue weighted by atomic mass is 16.5. The van der Waals surface area contributed by atoms with Crippen molar-refractivity contribution >= 4 is 28.1 Å². The molecular formula is C29H37N7O. The highest BCUT2D eigenvalue weighted by Gasteiger charge is 2.22. The Balaban J connectivity index is 1.40. The second-order valence-corrected chi connectivity index (χ2v) is 10.2. The van der Waals surface area contributed by atoms with Crippen LogP contribution in [0.25, 0.3) is 16.6 Å². The predicted octanol–water partition coefficient (Wildman–Crippen LogP) is 3.61. The molecule has 0 spiro atoms. The first-order valence-corrected chi connectivity index (χ1v) is 12.9. The fourth-order valence-corrected chi connectivity index (χ4v) is 5.39. The Labute approximate surface area is 219 Å². The molecule has 2 aromatic carbocycles. The average molecular weight is 500 g/mol.